The van der Waals surface area contributed by atoms with Crippen LogP contribution in [0.5, 0.6) is 0 Å². The number of fused-ring (bicyclic) bond motifs is 1. The predicted octanol–water partition coefficient (Wildman–Crippen LogP) is 1.02. The van der Waals surface area contributed by atoms with Gasteiger partial charge in [0.15, 0.2) is 11.5 Å². The highest BCUT2D eigenvalue weighted by atomic mass is 16.3. The number of pyridine rings is 1. The van der Waals surface area contributed by atoms with Crippen molar-refractivity contribution in [1.29, 1.82) is 0 Å². The van der Waals surface area contributed by atoms with Crippen molar-refractivity contribution in [1.82, 2.24) is 14.6 Å². The van der Waals surface area contributed by atoms with Gasteiger partial charge in [0, 0.05) is 12.0 Å². The summed E-state index contributed by atoms with van der Waals surface area (Å²) in [6.07, 6.45) is -0.715. The Balaban J connectivity index is 2.61. The lowest BCUT2D eigenvalue weighted by Crippen LogP contribution is -2.16. The first kappa shape index (κ1) is 12.0. The van der Waals surface area contributed by atoms with Crippen molar-refractivity contribution in [2.45, 2.75) is 32.3 Å². The van der Waals surface area contributed by atoms with Gasteiger partial charge >= 0.3 is 0 Å². The molecule has 92 valence electrons. The second-order valence-electron chi connectivity index (χ2n) is 5.16. The number of hydrogen-bond donors (Lipinski definition) is 2. The van der Waals surface area contributed by atoms with E-state index in [1.54, 1.807) is 4.52 Å². The average molecular weight is 234 g/mol. The third-order valence-corrected chi connectivity index (χ3v) is 2.62. The van der Waals surface area contributed by atoms with Gasteiger partial charge in [0.1, 0.15) is 6.10 Å². The third-order valence-electron chi connectivity index (χ3n) is 2.62. The van der Waals surface area contributed by atoms with E-state index in [0.717, 1.165) is 11.5 Å². The molecule has 0 aliphatic heterocycles. The molecule has 5 nitrogen and oxygen atoms in total. The summed E-state index contributed by atoms with van der Waals surface area (Å²) in [6.45, 7) is 6.34. The maximum Gasteiger partial charge on any atom is 0.157 e. The van der Waals surface area contributed by atoms with E-state index in [0.29, 0.717) is 5.69 Å². The molecule has 5 heteroatoms. The molecule has 0 saturated heterocycles. The molecule has 2 heterocycles. The summed E-state index contributed by atoms with van der Waals surface area (Å²) in [6, 6.07) is 5.53. The van der Waals surface area contributed by atoms with Crippen molar-refractivity contribution in [3.63, 3.8) is 0 Å². The average Bonchev–Trinajstić information content (AvgIpc) is 2.71. The van der Waals surface area contributed by atoms with Crippen LogP contribution >= 0.6 is 0 Å². The summed E-state index contributed by atoms with van der Waals surface area (Å²) < 4.78 is 1.66. The van der Waals surface area contributed by atoms with Crippen molar-refractivity contribution in [3.05, 3.63) is 29.7 Å². The number of rotatable bonds is 2. The molecule has 0 aliphatic rings. The van der Waals surface area contributed by atoms with E-state index in [4.69, 9.17) is 5.73 Å². The van der Waals surface area contributed by atoms with E-state index in [9.17, 15) is 5.11 Å². The molecule has 0 aromatic carbocycles. The number of hydrogen-bond acceptors (Lipinski definition) is 4. The van der Waals surface area contributed by atoms with Crippen LogP contribution in [0.4, 0.5) is 0 Å². The van der Waals surface area contributed by atoms with E-state index in [1.807, 2.05) is 18.2 Å². The molecule has 0 saturated carbocycles. The molecule has 17 heavy (non-hydrogen) atoms. The summed E-state index contributed by atoms with van der Waals surface area (Å²) in [5, 5.41) is 14.3. The summed E-state index contributed by atoms with van der Waals surface area (Å²) in [5.41, 5.74) is 6.77. The topological polar surface area (TPSA) is 76.4 Å². The van der Waals surface area contributed by atoms with Crippen molar-refractivity contribution in [3.8, 4) is 0 Å². The molecule has 1 atom stereocenters. The Morgan fingerprint density at radius 3 is 2.71 bits per heavy atom. The third kappa shape index (κ3) is 2.16. The molecule has 1 unspecified atom stereocenters. The van der Waals surface area contributed by atoms with Gasteiger partial charge in [-0.05, 0) is 12.1 Å². The number of aliphatic hydroxyl groups excluding tert-OH is 1. The molecular formula is C12H18N4O. The van der Waals surface area contributed by atoms with Crippen molar-refractivity contribution < 1.29 is 5.11 Å². The lowest BCUT2D eigenvalue weighted by molar-refractivity contribution is 0.179. The molecule has 0 bridgehead atoms. The minimum Gasteiger partial charge on any atom is -0.385 e. The number of nitrogens with zero attached hydrogens (tertiary/aromatic N) is 3. The fraction of sp³-hybridized carbons (Fsp3) is 0.500. The van der Waals surface area contributed by atoms with Gasteiger partial charge in [-0.1, -0.05) is 26.8 Å². The number of aliphatic hydroxyl groups is 1. The maximum atomic E-state index is 9.83. The number of nitrogens with two attached hydrogens (primary N) is 1. The van der Waals surface area contributed by atoms with Crippen LogP contribution in [-0.2, 0) is 5.41 Å². The lowest BCUT2D eigenvalue weighted by Gasteiger charge is -2.12. The van der Waals surface area contributed by atoms with Crippen LogP contribution in [0.2, 0.25) is 0 Å². The van der Waals surface area contributed by atoms with Gasteiger partial charge in [-0.15, -0.1) is 0 Å². The monoisotopic (exact) mass is 234 g/mol. The van der Waals surface area contributed by atoms with Crippen LogP contribution in [0.15, 0.2) is 18.2 Å². The normalized spacial score (nSPS) is 14.2. The van der Waals surface area contributed by atoms with Crippen molar-refractivity contribution in [2.75, 3.05) is 6.54 Å². The first-order valence-electron chi connectivity index (χ1n) is 5.68. The maximum absolute atomic E-state index is 9.83. The molecular weight excluding hydrogens is 216 g/mol. The van der Waals surface area contributed by atoms with Gasteiger partial charge < -0.3 is 10.8 Å². The molecule has 0 amide bonds. The van der Waals surface area contributed by atoms with E-state index < -0.39 is 6.10 Å². The van der Waals surface area contributed by atoms with Gasteiger partial charge in [-0.3, -0.25) is 0 Å². The van der Waals surface area contributed by atoms with Crippen LogP contribution in [-0.4, -0.2) is 26.2 Å². The molecule has 3 N–H and O–H groups in total. The smallest absolute Gasteiger partial charge is 0.157 e. The first-order valence-corrected chi connectivity index (χ1v) is 5.68. The number of aromatic nitrogens is 3. The lowest BCUT2D eigenvalue weighted by atomic mass is 9.96. The fourth-order valence-corrected chi connectivity index (χ4v) is 1.62. The van der Waals surface area contributed by atoms with Crippen LogP contribution in [0.25, 0.3) is 5.65 Å². The molecule has 0 radical (unpaired) electrons. The highest BCUT2D eigenvalue weighted by Crippen LogP contribution is 2.21. The van der Waals surface area contributed by atoms with E-state index >= 15 is 0 Å². The van der Waals surface area contributed by atoms with Crippen LogP contribution in [0, 0.1) is 0 Å². The van der Waals surface area contributed by atoms with Gasteiger partial charge in [-0.25, -0.2) is 9.50 Å². The largest absolute Gasteiger partial charge is 0.385 e. The highest BCUT2D eigenvalue weighted by Gasteiger charge is 2.21. The summed E-state index contributed by atoms with van der Waals surface area (Å²) in [4.78, 5) is 4.46. The van der Waals surface area contributed by atoms with Gasteiger partial charge in [0.2, 0.25) is 0 Å². The van der Waals surface area contributed by atoms with Crippen molar-refractivity contribution in [2.24, 2.45) is 5.73 Å². The van der Waals surface area contributed by atoms with Crippen LogP contribution < -0.4 is 5.73 Å². The standard InChI is InChI=1S/C12H18N4O/c1-12(2,3)11-14-10-6-4-5-8(9(17)7-13)16(10)15-11/h4-6,9,17H,7,13H2,1-3H3. The van der Waals surface area contributed by atoms with E-state index in [1.165, 1.54) is 0 Å². The summed E-state index contributed by atoms with van der Waals surface area (Å²) in [5.74, 6) is 0.758. The summed E-state index contributed by atoms with van der Waals surface area (Å²) >= 11 is 0. The van der Waals surface area contributed by atoms with Crippen molar-refractivity contribution >= 4 is 5.65 Å². The van der Waals surface area contributed by atoms with Gasteiger partial charge in [0.25, 0.3) is 0 Å². The quantitative estimate of drug-likeness (QED) is 0.813. The molecule has 2 aromatic heterocycles. The predicted molar refractivity (Wildman–Crippen MR) is 65.7 cm³/mol. The Bertz CT molecular complexity index is 527. The molecule has 0 fully saturated rings. The zero-order chi connectivity index (χ0) is 12.6. The minimum atomic E-state index is -0.715. The zero-order valence-electron chi connectivity index (χ0n) is 10.4. The Morgan fingerprint density at radius 2 is 2.12 bits per heavy atom. The second kappa shape index (κ2) is 4.09. The Hall–Kier alpha value is -1.46. The molecule has 0 aliphatic carbocycles. The van der Waals surface area contributed by atoms with E-state index in [-0.39, 0.29) is 12.0 Å². The Morgan fingerprint density at radius 1 is 1.41 bits per heavy atom. The first-order chi connectivity index (χ1) is 7.93. The minimum absolute atomic E-state index is 0.114. The Labute approximate surface area is 100 Å². The second-order valence-corrected chi connectivity index (χ2v) is 5.16. The highest BCUT2D eigenvalue weighted by molar-refractivity contribution is 5.40. The van der Waals surface area contributed by atoms with Crippen LogP contribution in [0.1, 0.15) is 38.4 Å². The molecule has 2 rings (SSSR count). The van der Waals surface area contributed by atoms with E-state index in [2.05, 4.69) is 30.9 Å². The van der Waals surface area contributed by atoms with Gasteiger partial charge in [0.05, 0.1) is 5.69 Å². The molecule has 2 aromatic rings. The SMILES string of the molecule is CC(C)(C)c1nc2cccc(C(O)CN)n2n1. The zero-order valence-corrected chi connectivity index (χ0v) is 10.4. The molecule has 0 spiro atoms. The van der Waals surface area contributed by atoms with Crippen LogP contribution in [0.3, 0.4) is 0 Å². The fourth-order valence-electron chi connectivity index (χ4n) is 1.62. The summed E-state index contributed by atoms with van der Waals surface area (Å²) in [7, 11) is 0. The Kier molecular flexibility index (Phi) is 2.89. The van der Waals surface area contributed by atoms with Gasteiger partial charge in [-0.2, -0.15) is 5.10 Å².